The van der Waals surface area contributed by atoms with Crippen LogP contribution >= 0.6 is 0 Å². The van der Waals surface area contributed by atoms with Crippen molar-refractivity contribution >= 4 is 39.4 Å². The number of nitrogens with zero attached hydrogens (tertiary/aromatic N) is 1. The smallest absolute Gasteiger partial charge is 0.337 e. The van der Waals surface area contributed by atoms with Crippen molar-refractivity contribution in [1.82, 2.24) is 4.98 Å². The Hall–Kier alpha value is -4.78. The van der Waals surface area contributed by atoms with Gasteiger partial charge in [-0.2, -0.15) is 0 Å². The quantitative estimate of drug-likeness (QED) is 0.386. The summed E-state index contributed by atoms with van der Waals surface area (Å²) in [7, 11) is 0. The molecule has 2 N–H and O–H groups in total. The van der Waals surface area contributed by atoms with E-state index in [-0.39, 0.29) is 22.1 Å². The number of aromatic carboxylic acids is 1. The molecule has 2 heterocycles. The molecule has 0 radical (unpaired) electrons. The van der Waals surface area contributed by atoms with E-state index in [2.05, 4.69) is 10.3 Å². The van der Waals surface area contributed by atoms with Crippen molar-refractivity contribution < 1.29 is 19.1 Å². The first-order valence-corrected chi connectivity index (χ1v) is 10.5. The molecule has 0 aliphatic heterocycles. The summed E-state index contributed by atoms with van der Waals surface area (Å²) in [5.41, 5.74) is 2.55. The largest absolute Gasteiger partial charge is 0.478 e. The van der Waals surface area contributed by atoms with Gasteiger partial charge in [-0.15, -0.1) is 0 Å². The fraction of sp³-hybridized carbons (Fsp3) is 0.0370. The molecule has 34 heavy (non-hydrogen) atoms. The van der Waals surface area contributed by atoms with Crippen LogP contribution < -0.4 is 10.7 Å². The molecular weight excluding hydrogens is 432 g/mol. The van der Waals surface area contributed by atoms with Crippen LogP contribution in [0.25, 0.3) is 33.2 Å². The van der Waals surface area contributed by atoms with E-state index in [0.717, 1.165) is 5.56 Å². The lowest BCUT2D eigenvalue weighted by molar-refractivity contribution is 0.0696. The zero-order valence-corrected chi connectivity index (χ0v) is 18.0. The van der Waals surface area contributed by atoms with E-state index in [1.165, 1.54) is 12.3 Å². The number of fused-ring (bicyclic) bond motifs is 2. The molecule has 5 rings (SSSR count). The van der Waals surface area contributed by atoms with Gasteiger partial charge in [0.2, 0.25) is 0 Å². The minimum Gasteiger partial charge on any atom is -0.478 e. The molecule has 0 bridgehead atoms. The van der Waals surface area contributed by atoms with Gasteiger partial charge >= 0.3 is 5.97 Å². The number of carbonyl (C=O) groups excluding carboxylic acids is 1. The average Bonchev–Trinajstić information content (AvgIpc) is 2.86. The van der Waals surface area contributed by atoms with Crippen LogP contribution in [-0.2, 0) is 0 Å². The van der Waals surface area contributed by atoms with Crippen molar-refractivity contribution in [3.8, 4) is 11.3 Å². The maximum absolute atomic E-state index is 13.2. The fourth-order valence-corrected chi connectivity index (χ4v) is 3.87. The highest BCUT2D eigenvalue weighted by atomic mass is 16.4. The van der Waals surface area contributed by atoms with Gasteiger partial charge in [0.1, 0.15) is 5.76 Å². The van der Waals surface area contributed by atoms with Gasteiger partial charge in [0.05, 0.1) is 22.0 Å². The summed E-state index contributed by atoms with van der Waals surface area (Å²) >= 11 is 0. The SMILES string of the molecule is Cc1c(-c2ccccc2)oc2c(C(=O)Nc3ccc4cc(C(=O)O)cnc4c3)cccc2c1=O. The minimum absolute atomic E-state index is 0.0829. The van der Waals surface area contributed by atoms with Crippen LogP contribution in [0.4, 0.5) is 5.69 Å². The van der Waals surface area contributed by atoms with E-state index in [0.29, 0.717) is 33.3 Å². The molecule has 0 saturated heterocycles. The normalized spacial score (nSPS) is 11.0. The summed E-state index contributed by atoms with van der Waals surface area (Å²) in [6.07, 6.45) is 1.27. The molecule has 7 heteroatoms. The summed E-state index contributed by atoms with van der Waals surface area (Å²) in [6.45, 7) is 1.71. The van der Waals surface area contributed by atoms with Gasteiger partial charge in [0.25, 0.3) is 5.91 Å². The first kappa shape index (κ1) is 21.1. The Morgan fingerprint density at radius 2 is 1.76 bits per heavy atom. The molecule has 0 saturated carbocycles. The van der Waals surface area contributed by atoms with Gasteiger partial charge in [-0.3, -0.25) is 14.6 Å². The fourth-order valence-electron chi connectivity index (χ4n) is 3.87. The average molecular weight is 450 g/mol. The van der Waals surface area contributed by atoms with E-state index >= 15 is 0 Å². The Kier molecular flexibility index (Phi) is 5.14. The molecule has 0 unspecified atom stereocenters. The summed E-state index contributed by atoms with van der Waals surface area (Å²) < 4.78 is 6.13. The van der Waals surface area contributed by atoms with E-state index in [1.54, 1.807) is 43.3 Å². The minimum atomic E-state index is -1.06. The summed E-state index contributed by atoms with van der Waals surface area (Å²) in [4.78, 5) is 41.5. The van der Waals surface area contributed by atoms with Crippen molar-refractivity contribution in [2.75, 3.05) is 5.32 Å². The Morgan fingerprint density at radius 3 is 2.53 bits per heavy atom. The van der Waals surface area contributed by atoms with Gasteiger partial charge in [-0.25, -0.2) is 4.79 Å². The van der Waals surface area contributed by atoms with Crippen LogP contribution in [0.2, 0.25) is 0 Å². The van der Waals surface area contributed by atoms with E-state index in [1.807, 2.05) is 30.3 Å². The number of para-hydroxylation sites is 1. The van der Waals surface area contributed by atoms with Gasteiger partial charge in [-0.1, -0.05) is 42.5 Å². The van der Waals surface area contributed by atoms with Crippen LogP contribution in [-0.4, -0.2) is 22.0 Å². The highest BCUT2D eigenvalue weighted by Gasteiger charge is 2.18. The molecule has 0 aliphatic carbocycles. The predicted molar refractivity (Wildman–Crippen MR) is 129 cm³/mol. The number of carbonyl (C=O) groups is 2. The standard InChI is InChI=1S/C27H18N2O5/c1-15-23(30)20-8-5-9-21(25(20)34-24(15)16-6-3-2-4-7-16)26(31)29-19-11-10-17-12-18(27(32)33)14-28-22(17)13-19/h2-14H,1H3,(H,29,31)(H,32,33). The molecule has 0 spiro atoms. The maximum Gasteiger partial charge on any atom is 0.337 e. The van der Waals surface area contributed by atoms with Crippen LogP contribution in [0.1, 0.15) is 26.3 Å². The lowest BCUT2D eigenvalue weighted by Gasteiger charge is -2.11. The Morgan fingerprint density at radius 1 is 0.971 bits per heavy atom. The topological polar surface area (TPSA) is 110 Å². The highest BCUT2D eigenvalue weighted by Crippen LogP contribution is 2.28. The predicted octanol–water partition coefficient (Wildman–Crippen LogP) is 5.27. The third-order valence-corrected chi connectivity index (χ3v) is 5.61. The third kappa shape index (κ3) is 3.69. The van der Waals surface area contributed by atoms with Gasteiger partial charge < -0.3 is 14.8 Å². The number of benzene rings is 3. The zero-order chi connectivity index (χ0) is 23.8. The number of hydrogen-bond donors (Lipinski definition) is 2. The number of aromatic nitrogens is 1. The third-order valence-electron chi connectivity index (χ3n) is 5.61. The molecular formula is C27H18N2O5. The molecule has 166 valence electrons. The number of nitrogens with one attached hydrogen (secondary N) is 1. The van der Waals surface area contributed by atoms with Crippen LogP contribution in [0.5, 0.6) is 0 Å². The van der Waals surface area contributed by atoms with Crippen molar-refractivity contribution in [3.05, 3.63) is 106 Å². The second-order valence-electron chi connectivity index (χ2n) is 7.82. The number of carboxylic acid groups (broad SMARTS) is 1. The molecule has 0 fully saturated rings. The van der Waals surface area contributed by atoms with Crippen LogP contribution in [0.15, 0.2) is 88.2 Å². The zero-order valence-electron chi connectivity index (χ0n) is 18.0. The van der Waals surface area contributed by atoms with Crippen molar-refractivity contribution in [3.63, 3.8) is 0 Å². The molecule has 0 aliphatic rings. The number of amides is 1. The van der Waals surface area contributed by atoms with Crippen molar-refractivity contribution in [1.29, 1.82) is 0 Å². The molecule has 5 aromatic rings. The lowest BCUT2D eigenvalue weighted by atomic mass is 10.0. The lowest BCUT2D eigenvalue weighted by Crippen LogP contribution is -2.15. The van der Waals surface area contributed by atoms with E-state index < -0.39 is 11.9 Å². The Balaban J connectivity index is 1.56. The number of pyridine rings is 1. The first-order chi connectivity index (χ1) is 16.4. The van der Waals surface area contributed by atoms with Gasteiger partial charge in [0.15, 0.2) is 11.0 Å². The number of hydrogen-bond acceptors (Lipinski definition) is 5. The van der Waals surface area contributed by atoms with Crippen LogP contribution in [0.3, 0.4) is 0 Å². The Labute approximate surface area is 193 Å². The second kappa shape index (κ2) is 8.29. The van der Waals surface area contributed by atoms with Crippen molar-refractivity contribution in [2.24, 2.45) is 0 Å². The molecule has 1 amide bonds. The van der Waals surface area contributed by atoms with Gasteiger partial charge in [-0.05, 0) is 37.3 Å². The number of carboxylic acids is 1. The monoisotopic (exact) mass is 450 g/mol. The molecule has 0 atom stereocenters. The summed E-state index contributed by atoms with van der Waals surface area (Å²) in [5, 5.41) is 12.9. The van der Waals surface area contributed by atoms with Gasteiger partial charge in [0, 0.05) is 28.4 Å². The van der Waals surface area contributed by atoms with Crippen molar-refractivity contribution in [2.45, 2.75) is 6.92 Å². The summed E-state index contributed by atoms with van der Waals surface area (Å²) in [5.74, 6) is -1.09. The number of anilines is 1. The molecule has 2 aromatic heterocycles. The molecule has 3 aromatic carbocycles. The summed E-state index contributed by atoms with van der Waals surface area (Å²) in [6, 6.07) is 20.7. The first-order valence-electron chi connectivity index (χ1n) is 10.5. The maximum atomic E-state index is 13.2. The highest BCUT2D eigenvalue weighted by molar-refractivity contribution is 6.12. The van der Waals surface area contributed by atoms with E-state index in [9.17, 15) is 14.4 Å². The molecule has 7 nitrogen and oxygen atoms in total. The number of rotatable bonds is 4. The van der Waals surface area contributed by atoms with Crippen LogP contribution in [0, 0.1) is 6.92 Å². The second-order valence-corrected chi connectivity index (χ2v) is 7.82. The van der Waals surface area contributed by atoms with E-state index in [4.69, 9.17) is 9.52 Å². The Bertz CT molecular complexity index is 1660.